The quantitative estimate of drug-likeness (QED) is 0.608. The predicted octanol–water partition coefficient (Wildman–Crippen LogP) is 4.42. The fourth-order valence-electron chi connectivity index (χ4n) is 5.91. The Kier molecular flexibility index (Phi) is 7.23. The topological polar surface area (TPSA) is 52.6 Å². The van der Waals surface area contributed by atoms with E-state index in [4.69, 9.17) is 9.97 Å². The molecule has 1 aromatic carbocycles. The molecule has 3 saturated heterocycles. The van der Waals surface area contributed by atoms with Gasteiger partial charge in [0.1, 0.15) is 0 Å². The summed E-state index contributed by atoms with van der Waals surface area (Å²) in [5.41, 5.74) is 3.35. The van der Waals surface area contributed by atoms with E-state index in [0.29, 0.717) is 24.0 Å². The Bertz CT molecular complexity index is 958. The average molecular weight is 480 g/mol. The van der Waals surface area contributed by atoms with E-state index in [1.54, 1.807) is 0 Å². The first-order valence-electron chi connectivity index (χ1n) is 12.8. The van der Waals surface area contributed by atoms with E-state index in [0.717, 1.165) is 57.1 Å². The molecule has 0 saturated carbocycles. The molecule has 182 valence electrons. The zero-order chi connectivity index (χ0) is 23.7. The van der Waals surface area contributed by atoms with Crippen LogP contribution < -0.4 is 4.90 Å². The van der Waals surface area contributed by atoms with Crippen LogP contribution in [0.15, 0.2) is 36.7 Å². The van der Waals surface area contributed by atoms with Crippen molar-refractivity contribution in [1.29, 1.82) is 0 Å². The highest BCUT2D eigenvalue weighted by Gasteiger charge is 2.41. The van der Waals surface area contributed by atoms with Crippen molar-refractivity contribution in [3.05, 3.63) is 53.3 Å². The molecule has 1 aromatic heterocycles. The fraction of sp³-hybridized carbons (Fsp3) is 0.593. The van der Waals surface area contributed by atoms with Gasteiger partial charge in [-0.25, -0.2) is 9.97 Å². The number of thioether (sulfide) groups is 1. The Morgan fingerprint density at radius 3 is 2.18 bits per heavy atom. The van der Waals surface area contributed by atoms with Crippen molar-refractivity contribution >= 4 is 22.8 Å². The lowest BCUT2D eigenvalue weighted by atomic mass is 9.91. The minimum Gasteiger partial charge on any atom is -0.332 e. The maximum Gasteiger partial charge on any atom is 0.225 e. The molecule has 3 aliphatic heterocycles. The van der Waals surface area contributed by atoms with Crippen LogP contribution in [0.1, 0.15) is 66.9 Å². The number of carbonyl (C=O) groups is 1. The van der Waals surface area contributed by atoms with E-state index in [-0.39, 0.29) is 5.12 Å². The molecular formula is C27H37N5OS. The van der Waals surface area contributed by atoms with Crippen LogP contribution in [0.2, 0.25) is 0 Å². The van der Waals surface area contributed by atoms with Crippen molar-refractivity contribution in [3.8, 4) is 0 Å². The third kappa shape index (κ3) is 5.02. The van der Waals surface area contributed by atoms with E-state index >= 15 is 0 Å². The third-order valence-electron chi connectivity index (χ3n) is 7.97. The van der Waals surface area contributed by atoms with Crippen molar-refractivity contribution in [2.24, 2.45) is 0 Å². The van der Waals surface area contributed by atoms with Crippen LogP contribution in [-0.2, 0) is 6.54 Å². The molecule has 3 fully saturated rings. The summed E-state index contributed by atoms with van der Waals surface area (Å²) in [7, 11) is 0. The zero-order valence-electron chi connectivity index (χ0n) is 20.7. The summed E-state index contributed by atoms with van der Waals surface area (Å²) in [5.74, 6) is 1.47. The number of hydrogen-bond acceptors (Lipinski definition) is 7. The summed E-state index contributed by atoms with van der Waals surface area (Å²) in [5, 5.41) is 0.131. The number of aromatic nitrogens is 2. The first-order chi connectivity index (χ1) is 16.5. The molecule has 34 heavy (non-hydrogen) atoms. The SMILES string of the molecule is CSC(=O)c1ccc(CN2CCC(c3cnc(N4C5CCC4CN(C(C)C)C5)nc3)CC2)cc1. The van der Waals surface area contributed by atoms with E-state index in [1.165, 1.54) is 35.7 Å². The molecule has 4 heterocycles. The van der Waals surface area contributed by atoms with Gasteiger partial charge in [-0.2, -0.15) is 0 Å². The second-order valence-electron chi connectivity index (χ2n) is 10.4. The molecule has 2 aromatic rings. The number of fused-ring (bicyclic) bond motifs is 2. The zero-order valence-corrected chi connectivity index (χ0v) is 21.5. The average Bonchev–Trinajstić information content (AvgIpc) is 3.13. The van der Waals surface area contributed by atoms with Gasteiger partial charge in [-0.3, -0.25) is 14.6 Å². The van der Waals surface area contributed by atoms with Crippen molar-refractivity contribution in [2.45, 2.75) is 70.1 Å². The Morgan fingerprint density at radius 2 is 1.62 bits per heavy atom. The number of nitrogens with zero attached hydrogens (tertiary/aromatic N) is 5. The molecule has 2 atom stereocenters. The normalized spacial score (nSPS) is 24.2. The molecule has 0 spiro atoms. The van der Waals surface area contributed by atoms with Gasteiger partial charge in [0.15, 0.2) is 0 Å². The van der Waals surface area contributed by atoms with Crippen LogP contribution in [0.25, 0.3) is 0 Å². The second-order valence-corrected chi connectivity index (χ2v) is 11.2. The van der Waals surface area contributed by atoms with Gasteiger partial charge in [-0.05, 0) is 75.9 Å². The van der Waals surface area contributed by atoms with Crippen molar-refractivity contribution in [3.63, 3.8) is 0 Å². The van der Waals surface area contributed by atoms with Crippen molar-refractivity contribution in [1.82, 2.24) is 19.8 Å². The summed E-state index contributed by atoms with van der Waals surface area (Å²) < 4.78 is 0. The number of likely N-dealkylation sites (tertiary alicyclic amines) is 2. The molecule has 0 amide bonds. The monoisotopic (exact) mass is 479 g/mol. The smallest absolute Gasteiger partial charge is 0.225 e. The van der Waals surface area contributed by atoms with Gasteiger partial charge >= 0.3 is 0 Å². The molecule has 3 aliphatic rings. The fourth-order valence-corrected chi connectivity index (χ4v) is 6.28. The molecule has 0 N–H and O–H groups in total. The van der Waals surface area contributed by atoms with Gasteiger partial charge in [0.2, 0.25) is 11.1 Å². The first kappa shape index (κ1) is 23.8. The molecule has 2 bridgehead atoms. The minimum atomic E-state index is 0.131. The van der Waals surface area contributed by atoms with Crippen LogP contribution in [0.3, 0.4) is 0 Å². The molecule has 0 radical (unpaired) electrons. The van der Waals surface area contributed by atoms with Gasteiger partial charge in [0, 0.05) is 55.7 Å². The van der Waals surface area contributed by atoms with E-state index in [1.807, 2.05) is 18.4 Å². The van der Waals surface area contributed by atoms with Gasteiger partial charge in [0.05, 0.1) is 0 Å². The Hall–Kier alpha value is -1.96. The Labute approximate surface area is 208 Å². The number of hydrogen-bond donors (Lipinski definition) is 0. The molecule has 6 nitrogen and oxygen atoms in total. The minimum absolute atomic E-state index is 0.131. The van der Waals surface area contributed by atoms with Gasteiger partial charge < -0.3 is 4.90 Å². The summed E-state index contributed by atoms with van der Waals surface area (Å²) in [6.45, 7) is 9.98. The number of anilines is 1. The highest BCUT2D eigenvalue weighted by atomic mass is 32.2. The number of piperazine rings is 1. The van der Waals surface area contributed by atoms with E-state index in [2.05, 4.69) is 53.1 Å². The van der Waals surface area contributed by atoms with Gasteiger partial charge in [-0.1, -0.05) is 36.0 Å². The lowest BCUT2D eigenvalue weighted by Crippen LogP contribution is -2.56. The van der Waals surface area contributed by atoms with E-state index < -0.39 is 0 Å². The largest absolute Gasteiger partial charge is 0.332 e. The number of piperidine rings is 1. The summed E-state index contributed by atoms with van der Waals surface area (Å²) >= 11 is 1.27. The van der Waals surface area contributed by atoms with Gasteiger partial charge in [0.25, 0.3) is 0 Å². The van der Waals surface area contributed by atoms with Crippen LogP contribution >= 0.6 is 11.8 Å². The maximum absolute atomic E-state index is 11.8. The predicted molar refractivity (Wildman–Crippen MR) is 140 cm³/mol. The lowest BCUT2D eigenvalue weighted by Gasteiger charge is -2.42. The molecule has 5 rings (SSSR count). The summed E-state index contributed by atoms with van der Waals surface area (Å²) in [4.78, 5) is 29.2. The second kappa shape index (κ2) is 10.3. The summed E-state index contributed by atoms with van der Waals surface area (Å²) in [6.07, 6.45) is 10.8. The molecule has 0 aliphatic carbocycles. The van der Waals surface area contributed by atoms with Crippen molar-refractivity contribution < 1.29 is 4.79 Å². The Balaban J connectivity index is 1.14. The number of carbonyl (C=O) groups excluding carboxylic acids is 1. The number of rotatable bonds is 6. The highest BCUT2D eigenvalue weighted by molar-refractivity contribution is 8.13. The Morgan fingerprint density at radius 1 is 1.00 bits per heavy atom. The summed E-state index contributed by atoms with van der Waals surface area (Å²) in [6, 6.07) is 9.82. The third-order valence-corrected chi connectivity index (χ3v) is 8.58. The molecule has 7 heteroatoms. The standard InChI is InChI=1S/C27H37N5OS/c1-19(2)31-17-24-8-9-25(18-31)32(24)27-28-14-23(15-29-27)21-10-12-30(13-11-21)16-20-4-6-22(7-5-20)26(33)34-3/h4-7,14-15,19,21,24-25H,8-13,16-18H2,1-3H3. The first-order valence-corrected chi connectivity index (χ1v) is 14.0. The van der Waals surface area contributed by atoms with Crippen LogP contribution in [-0.4, -0.2) is 75.4 Å². The molecular weight excluding hydrogens is 442 g/mol. The number of benzene rings is 1. The van der Waals surface area contributed by atoms with Gasteiger partial charge in [-0.15, -0.1) is 0 Å². The van der Waals surface area contributed by atoms with Crippen LogP contribution in [0, 0.1) is 0 Å². The van der Waals surface area contributed by atoms with Crippen LogP contribution in [0.4, 0.5) is 5.95 Å². The van der Waals surface area contributed by atoms with Crippen molar-refractivity contribution in [2.75, 3.05) is 37.3 Å². The highest BCUT2D eigenvalue weighted by Crippen LogP contribution is 2.34. The van der Waals surface area contributed by atoms with E-state index in [9.17, 15) is 4.79 Å². The molecule has 2 unspecified atom stereocenters. The lowest BCUT2D eigenvalue weighted by molar-refractivity contribution is 0.108. The maximum atomic E-state index is 11.8. The van der Waals surface area contributed by atoms with Crippen LogP contribution in [0.5, 0.6) is 0 Å².